The third-order valence-electron chi connectivity index (χ3n) is 3.62. The summed E-state index contributed by atoms with van der Waals surface area (Å²) in [7, 11) is -1.56. The largest absolute Gasteiger partial charge is 0.313 e. The molecule has 4 nitrogen and oxygen atoms in total. The number of sulfonamides is 1. The normalized spacial score (nSPS) is 20.2. The molecule has 1 aromatic rings. The van der Waals surface area contributed by atoms with E-state index < -0.39 is 10.0 Å². The van der Waals surface area contributed by atoms with Gasteiger partial charge in [-0.2, -0.15) is 0 Å². The Bertz CT molecular complexity index is 525. The second kappa shape index (κ2) is 7.02. The predicted octanol–water partition coefficient (Wildman–Crippen LogP) is 2.35. The van der Waals surface area contributed by atoms with Crippen LogP contribution in [0.2, 0.25) is 0 Å². The zero-order chi connectivity index (χ0) is 14.6. The summed E-state index contributed by atoms with van der Waals surface area (Å²) in [5, 5.41) is 3.29. The molecule has 6 heteroatoms. The van der Waals surface area contributed by atoms with Crippen LogP contribution in [0.1, 0.15) is 24.8 Å². The first-order chi connectivity index (χ1) is 9.47. The summed E-state index contributed by atoms with van der Waals surface area (Å²) in [5.41, 5.74) is 0.996. The number of rotatable bonds is 5. The average Bonchev–Trinajstić information content (AvgIpc) is 2.42. The maximum atomic E-state index is 12.3. The van der Waals surface area contributed by atoms with Gasteiger partial charge in [-0.25, -0.2) is 12.7 Å². The number of benzene rings is 1. The van der Waals surface area contributed by atoms with Gasteiger partial charge in [0.25, 0.3) is 0 Å². The zero-order valence-electron chi connectivity index (χ0n) is 11.7. The van der Waals surface area contributed by atoms with Crippen LogP contribution in [0.4, 0.5) is 0 Å². The van der Waals surface area contributed by atoms with E-state index in [0.717, 1.165) is 35.8 Å². The molecule has 0 radical (unpaired) electrons. The van der Waals surface area contributed by atoms with Crippen LogP contribution in [0.15, 0.2) is 28.7 Å². The van der Waals surface area contributed by atoms with Gasteiger partial charge in [-0.1, -0.05) is 34.5 Å². The maximum absolute atomic E-state index is 12.3. The Balaban J connectivity index is 1.95. The minimum Gasteiger partial charge on any atom is -0.313 e. The van der Waals surface area contributed by atoms with E-state index >= 15 is 0 Å². The lowest BCUT2D eigenvalue weighted by molar-refractivity contribution is 0.408. The summed E-state index contributed by atoms with van der Waals surface area (Å²) in [5.74, 6) is 0.194. The van der Waals surface area contributed by atoms with Gasteiger partial charge in [-0.3, -0.25) is 0 Å². The first kappa shape index (κ1) is 15.9. The number of hydrogen-bond acceptors (Lipinski definition) is 3. The third kappa shape index (κ3) is 4.55. The molecule has 0 aromatic heterocycles. The summed E-state index contributed by atoms with van der Waals surface area (Å²) in [6.07, 6.45) is 3.21. The first-order valence-corrected chi connectivity index (χ1v) is 9.29. The topological polar surface area (TPSA) is 49.4 Å². The molecular formula is C14H21BrN2O2S. The molecule has 20 heavy (non-hydrogen) atoms. The average molecular weight is 361 g/mol. The van der Waals surface area contributed by atoms with Gasteiger partial charge in [0, 0.05) is 24.1 Å². The molecule has 1 unspecified atom stereocenters. The highest BCUT2D eigenvalue weighted by atomic mass is 79.9. The van der Waals surface area contributed by atoms with E-state index in [1.807, 2.05) is 24.3 Å². The van der Waals surface area contributed by atoms with E-state index in [9.17, 15) is 8.42 Å². The van der Waals surface area contributed by atoms with Gasteiger partial charge in [-0.05, 0) is 37.1 Å². The van der Waals surface area contributed by atoms with Gasteiger partial charge in [0.2, 0.25) is 10.0 Å². The molecule has 1 saturated heterocycles. The van der Waals surface area contributed by atoms with Crippen LogP contribution >= 0.6 is 15.9 Å². The number of piperidine rings is 1. The van der Waals surface area contributed by atoms with Crippen molar-refractivity contribution in [3.05, 3.63) is 34.3 Å². The Morgan fingerprint density at radius 2 is 2.00 bits per heavy atom. The van der Waals surface area contributed by atoms with E-state index in [-0.39, 0.29) is 11.8 Å². The predicted molar refractivity (Wildman–Crippen MR) is 85.0 cm³/mol. The molecule has 0 bridgehead atoms. The lowest BCUT2D eigenvalue weighted by Crippen LogP contribution is -2.43. The van der Waals surface area contributed by atoms with Crippen LogP contribution in [0.3, 0.4) is 0 Å². The van der Waals surface area contributed by atoms with Crippen LogP contribution in [-0.4, -0.2) is 38.1 Å². The fraction of sp³-hybridized carbons (Fsp3) is 0.571. The molecule has 112 valence electrons. The van der Waals surface area contributed by atoms with Crippen LogP contribution in [0.25, 0.3) is 0 Å². The fourth-order valence-corrected chi connectivity index (χ4v) is 4.05. The van der Waals surface area contributed by atoms with Gasteiger partial charge in [-0.15, -0.1) is 0 Å². The lowest BCUT2D eigenvalue weighted by atomic mass is 10.1. The molecule has 1 aromatic carbocycles. The molecule has 1 aliphatic heterocycles. The van der Waals surface area contributed by atoms with Crippen molar-refractivity contribution in [2.24, 2.45) is 0 Å². The van der Waals surface area contributed by atoms with Gasteiger partial charge < -0.3 is 5.32 Å². The van der Waals surface area contributed by atoms with Gasteiger partial charge in [0.1, 0.15) is 0 Å². The summed E-state index contributed by atoms with van der Waals surface area (Å²) >= 11 is 3.38. The minimum atomic E-state index is -3.21. The fourth-order valence-electron chi connectivity index (χ4n) is 2.39. The molecule has 1 fully saturated rings. The van der Waals surface area contributed by atoms with Crippen molar-refractivity contribution in [3.8, 4) is 0 Å². The first-order valence-electron chi connectivity index (χ1n) is 6.89. The highest BCUT2D eigenvalue weighted by molar-refractivity contribution is 9.10. The van der Waals surface area contributed by atoms with Crippen molar-refractivity contribution < 1.29 is 8.42 Å². The molecule has 1 aliphatic rings. The highest BCUT2D eigenvalue weighted by Crippen LogP contribution is 2.15. The monoisotopic (exact) mass is 360 g/mol. The molecule has 0 saturated carbocycles. The number of nitrogens with zero attached hydrogens (tertiary/aromatic N) is 1. The summed E-state index contributed by atoms with van der Waals surface area (Å²) in [6, 6.07) is 7.84. The molecule has 0 amide bonds. The Morgan fingerprint density at radius 1 is 1.30 bits per heavy atom. The van der Waals surface area contributed by atoms with Crippen molar-refractivity contribution in [3.63, 3.8) is 0 Å². The van der Waals surface area contributed by atoms with Crippen LogP contribution < -0.4 is 5.32 Å². The van der Waals surface area contributed by atoms with E-state index in [0.29, 0.717) is 6.54 Å². The van der Waals surface area contributed by atoms with Crippen LogP contribution in [0.5, 0.6) is 0 Å². The summed E-state index contributed by atoms with van der Waals surface area (Å²) < 4.78 is 27.1. The van der Waals surface area contributed by atoms with Crippen molar-refractivity contribution in [1.29, 1.82) is 0 Å². The minimum absolute atomic E-state index is 0.0983. The Kier molecular flexibility index (Phi) is 5.60. The lowest BCUT2D eigenvalue weighted by Gasteiger charge is -2.26. The van der Waals surface area contributed by atoms with Crippen molar-refractivity contribution in [2.45, 2.75) is 31.8 Å². The quantitative estimate of drug-likeness (QED) is 0.876. The SMILES string of the molecule is CN(Cc1ccc(Br)cc1)S(=O)(=O)CC1CCCCN1. The second-order valence-corrected chi connectivity index (χ2v) is 8.34. The molecule has 1 heterocycles. The van der Waals surface area contributed by atoms with E-state index in [4.69, 9.17) is 0 Å². The standard InChI is InChI=1S/C14H21BrN2O2S/c1-17(10-12-5-7-13(15)8-6-12)20(18,19)11-14-4-2-3-9-16-14/h5-8,14,16H,2-4,9-11H2,1H3. The Morgan fingerprint density at radius 3 is 2.60 bits per heavy atom. The third-order valence-corrected chi connectivity index (χ3v) is 6.05. The zero-order valence-corrected chi connectivity index (χ0v) is 14.1. The van der Waals surface area contributed by atoms with E-state index in [1.54, 1.807) is 7.05 Å². The Hall–Kier alpha value is -0.430. The molecule has 0 aliphatic carbocycles. The Labute approximate surface area is 129 Å². The van der Waals surface area contributed by atoms with Crippen LogP contribution in [-0.2, 0) is 16.6 Å². The number of nitrogens with one attached hydrogen (secondary N) is 1. The number of hydrogen-bond donors (Lipinski definition) is 1. The van der Waals surface area contributed by atoms with Crippen molar-refractivity contribution in [1.82, 2.24) is 9.62 Å². The van der Waals surface area contributed by atoms with Crippen LogP contribution in [0, 0.1) is 0 Å². The second-order valence-electron chi connectivity index (χ2n) is 5.31. The highest BCUT2D eigenvalue weighted by Gasteiger charge is 2.24. The summed E-state index contributed by atoms with van der Waals surface area (Å²) in [4.78, 5) is 0. The summed E-state index contributed by atoms with van der Waals surface area (Å²) in [6.45, 7) is 1.35. The molecular weight excluding hydrogens is 340 g/mol. The smallest absolute Gasteiger partial charge is 0.215 e. The molecule has 2 rings (SSSR count). The number of halogens is 1. The maximum Gasteiger partial charge on any atom is 0.215 e. The molecule has 1 N–H and O–H groups in total. The van der Waals surface area contributed by atoms with E-state index in [1.165, 1.54) is 4.31 Å². The van der Waals surface area contributed by atoms with Gasteiger partial charge >= 0.3 is 0 Å². The van der Waals surface area contributed by atoms with Gasteiger partial charge in [0.15, 0.2) is 0 Å². The van der Waals surface area contributed by atoms with Crippen molar-refractivity contribution in [2.75, 3.05) is 19.3 Å². The van der Waals surface area contributed by atoms with Gasteiger partial charge in [0.05, 0.1) is 5.75 Å². The van der Waals surface area contributed by atoms with Crippen molar-refractivity contribution >= 4 is 26.0 Å². The molecule has 0 spiro atoms. The molecule has 1 atom stereocenters. The van der Waals surface area contributed by atoms with E-state index in [2.05, 4.69) is 21.2 Å².